The summed E-state index contributed by atoms with van der Waals surface area (Å²) >= 11 is 0. The van der Waals surface area contributed by atoms with E-state index in [1.165, 1.54) is 14.0 Å². The highest BCUT2D eigenvalue weighted by atomic mass is 32.3. The van der Waals surface area contributed by atoms with Gasteiger partial charge >= 0.3 is 16.4 Å². The zero-order chi connectivity index (χ0) is 42.9. The Kier molecular flexibility index (Phi) is 16.8. The molecule has 3 aliphatic rings. The van der Waals surface area contributed by atoms with E-state index in [2.05, 4.69) is 0 Å². The Hall–Kier alpha value is -1.10. The number of hydrogen-bond acceptors (Lipinski definition) is 16. The van der Waals surface area contributed by atoms with Crippen LogP contribution in [-0.4, -0.2) is 174 Å². The Balaban J connectivity index is 2.25. The van der Waals surface area contributed by atoms with E-state index in [1.54, 1.807) is 81.4 Å². The minimum atomic E-state index is -5.01. The maximum absolute atomic E-state index is 14.3. The predicted octanol–water partition coefficient (Wildman–Crippen LogP) is 1.73. The molecule has 3 heterocycles. The number of rotatable bonds is 9. The van der Waals surface area contributed by atoms with E-state index in [-0.39, 0.29) is 25.2 Å². The number of ether oxygens (including phenoxy) is 6. The van der Waals surface area contributed by atoms with Crippen LogP contribution in [0.5, 0.6) is 0 Å². The largest absolute Gasteiger partial charge is 0.459 e. The highest BCUT2D eigenvalue weighted by Gasteiger charge is 2.53. The molecule has 0 spiro atoms. The molecule has 3 saturated heterocycles. The molecule has 0 bridgehead atoms. The van der Waals surface area contributed by atoms with Gasteiger partial charge in [0.15, 0.2) is 12.6 Å². The number of hydrogen-bond donors (Lipinski definition) is 5. The molecule has 0 aromatic carbocycles. The third-order valence-electron chi connectivity index (χ3n) is 12.4. The van der Waals surface area contributed by atoms with Gasteiger partial charge in [0.25, 0.3) is 0 Å². The Morgan fingerprint density at radius 1 is 0.946 bits per heavy atom. The van der Waals surface area contributed by atoms with Gasteiger partial charge < -0.3 is 58.6 Å². The topological polar surface area (TPSA) is 223 Å². The molecule has 3 rings (SSSR count). The number of methoxy groups -OCH3 is 1. The predicted molar refractivity (Wildman–Crippen MR) is 205 cm³/mol. The molecule has 3 aliphatic heterocycles. The third-order valence-corrected chi connectivity index (χ3v) is 12.9. The second-order valence-corrected chi connectivity index (χ2v) is 18.7. The highest BCUT2D eigenvalue weighted by Crippen LogP contribution is 2.40. The van der Waals surface area contributed by atoms with Crippen molar-refractivity contribution < 1.29 is 70.8 Å². The normalized spacial score (nSPS) is 47.2. The highest BCUT2D eigenvalue weighted by molar-refractivity contribution is 7.80. The molecule has 0 aromatic rings. The summed E-state index contributed by atoms with van der Waals surface area (Å²) in [5, 5.41) is 46.8. The van der Waals surface area contributed by atoms with Crippen LogP contribution in [0.1, 0.15) is 94.9 Å². The quantitative estimate of drug-likeness (QED) is 0.165. The van der Waals surface area contributed by atoms with E-state index in [9.17, 15) is 38.2 Å². The molecule has 56 heavy (non-hydrogen) atoms. The summed E-state index contributed by atoms with van der Waals surface area (Å²) in [6.07, 6.45) is -10.3. The van der Waals surface area contributed by atoms with Gasteiger partial charge in [0, 0.05) is 38.1 Å². The first-order valence-electron chi connectivity index (χ1n) is 19.8. The van der Waals surface area contributed by atoms with Crippen molar-refractivity contribution in [1.82, 2.24) is 9.80 Å². The summed E-state index contributed by atoms with van der Waals surface area (Å²) in [5.41, 5.74) is -4.69. The van der Waals surface area contributed by atoms with Gasteiger partial charge in [0.05, 0.1) is 41.5 Å². The van der Waals surface area contributed by atoms with Crippen LogP contribution in [0.15, 0.2) is 0 Å². The van der Waals surface area contributed by atoms with Crippen LogP contribution in [-0.2, 0) is 47.8 Å². The average molecular weight is 829 g/mol. The molecule has 0 saturated carbocycles. The first-order valence-corrected chi connectivity index (χ1v) is 21.2. The standard InChI is InChI=1S/C38H72N2O15S/c1-15-27-38(10,45)31(41)24(6)40(13)19-20(2)17-36(8,44)33(54-35-30(55-56(46,47)48)26(39(11)12)16-21(3)50-35)22(4)29(23(5)34(43)52-27)53-28-18-37(9,49-14)32(42)25(7)51-28/h20-33,35,41-42,44-45H,15-19H2,1-14H3,(H,46,47,48)/t20-,21-,22+,23-,24-,25+,26+,27-,28+,29+,30-,31-,32+,33-,35+,36-,37-,38-/m1/s1. The van der Waals surface area contributed by atoms with Crippen molar-refractivity contribution in [2.24, 2.45) is 17.8 Å². The number of aliphatic hydroxyl groups excluding tert-OH is 2. The maximum Gasteiger partial charge on any atom is 0.397 e. The second-order valence-electron chi connectivity index (χ2n) is 17.7. The summed E-state index contributed by atoms with van der Waals surface area (Å²) in [6.45, 7) is 17.2. The first-order chi connectivity index (χ1) is 25.6. The summed E-state index contributed by atoms with van der Waals surface area (Å²) in [7, 11) is 1.70. The van der Waals surface area contributed by atoms with Gasteiger partial charge in [-0.05, 0) is 94.8 Å². The number of nitrogens with zero attached hydrogens (tertiary/aromatic N) is 2. The summed E-state index contributed by atoms with van der Waals surface area (Å²) < 4.78 is 77.0. The van der Waals surface area contributed by atoms with Gasteiger partial charge in [-0.25, -0.2) is 4.18 Å². The lowest BCUT2D eigenvalue weighted by molar-refractivity contribution is -0.316. The molecule has 330 valence electrons. The lowest BCUT2D eigenvalue weighted by Gasteiger charge is -2.49. The molecule has 0 amide bonds. The van der Waals surface area contributed by atoms with Crippen LogP contribution in [0.25, 0.3) is 0 Å². The van der Waals surface area contributed by atoms with Crippen LogP contribution in [0.3, 0.4) is 0 Å². The van der Waals surface area contributed by atoms with Crippen molar-refractivity contribution in [2.75, 3.05) is 34.8 Å². The van der Waals surface area contributed by atoms with Crippen LogP contribution < -0.4 is 0 Å². The van der Waals surface area contributed by atoms with Crippen LogP contribution in [0, 0.1) is 17.8 Å². The fourth-order valence-corrected chi connectivity index (χ4v) is 9.46. The van der Waals surface area contributed by atoms with Gasteiger partial charge in [-0.15, -0.1) is 0 Å². The van der Waals surface area contributed by atoms with Gasteiger partial charge in [0.1, 0.15) is 30.0 Å². The van der Waals surface area contributed by atoms with E-state index in [0.717, 1.165) is 0 Å². The SMILES string of the molecule is CC[C@H]1OC(=O)[C@H](C)[C@@H](O[C@H]2C[C@@](C)(OC)[C@@H](O)[C@H](C)O2)[C@H](C)[C@@H](O[C@@H]2O[C@H](C)C[C@H](N(C)C)[C@H]2OS(=O)(=O)O)[C@](C)(O)C[C@@H](C)CN(C)[C@H](C)[C@@H](O)[C@]1(C)O. The van der Waals surface area contributed by atoms with E-state index < -0.39 is 119 Å². The molecular formula is C38H72N2O15S. The fraction of sp³-hybridized carbons (Fsp3) is 0.974. The van der Waals surface area contributed by atoms with Crippen molar-refractivity contribution in [3.05, 3.63) is 0 Å². The van der Waals surface area contributed by atoms with Crippen molar-refractivity contribution in [2.45, 2.75) is 185 Å². The maximum atomic E-state index is 14.3. The van der Waals surface area contributed by atoms with E-state index >= 15 is 0 Å². The summed E-state index contributed by atoms with van der Waals surface area (Å²) in [5.74, 6) is -3.07. The Morgan fingerprint density at radius 3 is 2.09 bits per heavy atom. The van der Waals surface area contributed by atoms with E-state index in [4.69, 9.17) is 32.6 Å². The summed E-state index contributed by atoms with van der Waals surface area (Å²) in [6, 6.07) is -1.22. The Morgan fingerprint density at radius 2 is 1.55 bits per heavy atom. The molecule has 18 heteroatoms. The van der Waals surface area contributed by atoms with E-state index in [1.807, 2.05) is 11.8 Å². The van der Waals surface area contributed by atoms with Crippen molar-refractivity contribution >= 4 is 16.4 Å². The lowest BCUT2D eigenvalue weighted by atomic mass is 9.77. The number of likely N-dealkylation sites (N-methyl/N-ethyl adjacent to an activating group) is 2. The average Bonchev–Trinajstić information content (AvgIpc) is 3.08. The Labute approximate surface area is 334 Å². The van der Waals surface area contributed by atoms with Crippen LogP contribution in [0.4, 0.5) is 0 Å². The van der Waals surface area contributed by atoms with Gasteiger partial charge in [0.2, 0.25) is 0 Å². The molecule has 0 radical (unpaired) electrons. The first kappa shape index (κ1) is 49.3. The minimum Gasteiger partial charge on any atom is -0.459 e. The van der Waals surface area contributed by atoms with Crippen molar-refractivity contribution in [3.8, 4) is 0 Å². The molecule has 0 aromatic heterocycles. The molecule has 18 atom stereocenters. The minimum absolute atomic E-state index is 0.0553. The van der Waals surface area contributed by atoms with Crippen LogP contribution in [0.2, 0.25) is 0 Å². The van der Waals surface area contributed by atoms with Gasteiger partial charge in [-0.1, -0.05) is 20.8 Å². The molecule has 5 N–H and O–H groups in total. The van der Waals surface area contributed by atoms with Crippen LogP contribution >= 0.6 is 0 Å². The zero-order valence-corrected chi connectivity index (χ0v) is 36.6. The zero-order valence-electron chi connectivity index (χ0n) is 35.8. The molecule has 0 aliphatic carbocycles. The summed E-state index contributed by atoms with van der Waals surface area (Å²) in [4.78, 5) is 17.9. The van der Waals surface area contributed by atoms with Crippen molar-refractivity contribution in [1.29, 1.82) is 0 Å². The number of carbonyl (C=O) groups excluding carboxylic acids is 1. The third kappa shape index (κ3) is 11.6. The smallest absolute Gasteiger partial charge is 0.397 e. The number of esters is 1. The monoisotopic (exact) mass is 828 g/mol. The Bertz CT molecular complexity index is 1390. The van der Waals surface area contributed by atoms with Crippen molar-refractivity contribution in [3.63, 3.8) is 0 Å². The number of aliphatic hydroxyl groups is 4. The second kappa shape index (κ2) is 19.1. The molecular weight excluding hydrogens is 756 g/mol. The number of carbonyl (C=O) groups is 1. The van der Waals surface area contributed by atoms with Gasteiger partial charge in [-0.3, -0.25) is 9.35 Å². The number of cyclic esters (lactones) is 1. The van der Waals surface area contributed by atoms with E-state index in [0.29, 0.717) is 13.0 Å². The molecule has 17 nitrogen and oxygen atoms in total. The lowest BCUT2D eigenvalue weighted by Crippen LogP contribution is -2.61. The molecule has 0 unspecified atom stereocenters. The molecule has 3 fully saturated rings. The van der Waals surface area contributed by atoms with Gasteiger partial charge in [-0.2, -0.15) is 8.42 Å². The fourth-order valence-electron chi connectivity index (χ4n) is 8.96.